The molecule has 0 spiro atoms. The summed E-state index contributed by atoms with van der Waals surface area (Å²) in [5, 5.41) is 18.7. The quantitative estimate of drug-likeness (QED) is 0.0891. The molecule has 4 amide bonds. The molecule has 0 saturated carbocycles. The second-order valence-corrected chi connectivity index (χ2v) is 29.0. The first kappa shape index (κ1) is 74.9. The number of benzene rings is 8. The van der Waals surface area contributed by atoms with Crippen LogP contribution >= 0.6 is 0 Å². The van der Waals surface area contributed by atoms with Crippen LogP contribution in [0.3, 0.4) is 0 Å². The second-order valence-electron chi connectivity index (χ2n) is 29.0. The van der Waals surface area contributed by atoms with Gasteiger partial charge in [0.05, 0.1) is 73.1 Å². The Morgan fingerprint density at radius 2 is 0.752 bits per heavy atom. The minimum atomic E-state index is -0.279. The van der Waals surface area contributed by atoms with Gasteiger partial charge in [-0.1, -0.05) is 144 Å². The van der Waals surface area contributed by atoms with Crippen LogP contribution in [0.5, 0.6) is 23.0 Å². The molecule has 4 aliphatic rings. The van der Waals surface area contributed by atoms with Crippen LogP contribution in [-0.2, 0) is 64.7 Å². The van der Waals surface area contributed by atoms with Crippen molar-refractivity contribution < 1.29 is 38.1 Å². The molecule has 4 aliphatic heterocycles. The maximum Gasteiger partial charge on any atom is 0.254 e. The molecule has 8 heterocycles. The van der Waals surface area contributed by atoms with E-state index >= 15 is 0 Å². The number of aromatic nitrogens is 8. The predicted octanol–water partition coefficient (Wildman–Crippen LogP) is 16.0. The lowest BCUT2D eigenvalue weighted by atomic mass is 10.0. The number of ether oxygens (including phenoxy) is 4. The highest BCUT2D eigenvalue weighted by Gasteiger charge is 2.37. The number of aryl methyl sites for hydroxylation is 4. The number of amides is 4. The van der Waals surface area contributed by atoms with Crippen molar-refractivity contribution in [3.8, 4) is 23.0 Å². The fourth-order valence-corrected chi connectivity index (χ4v) is 13.9. The number of fused-ring (bicyclic) bond motifs is 4. The van der Waals surface area contributed by atoms with E-state index in [9.17, 15) is 19.2 Å². The molecule has 109 heavy (non-hydrogen) atoms. The van der Waals surface area contributed by atoms with Gasteiger partial charge in [0, 0.05) is 47.9 Å². The first-order chi connectivity index (χ1) is 52.7. The van der Waals surface area contributed by atoms with Gasteiger partial charge >= 0.3 is 0 Å². The molecule has 12 aromatic rings. The Bertz CT molecular complexity index is 4940. The third kappa shape index (κ3) is 18.7. The molecule has 20 heteroatoms. The summed E-state index contributed by atoms with van der Waals surface area (Å²) in [6, 6.07) is 78.2. The number of carbonyl (C=O) groups excluding carboxylic acids is 4. The molecule has 0 fully saturated rings. The van der Waals surface area contributed by atoms with Crippen LogP contribution in [-0.4, -0.2) is 108 Å². The van der Waals surface area contributed by atoms with Crippen molar-refractivity contribution in [2.75, 3.05) is 19.6 Å². The highest BCUT2D eigenvalue weighted by molar-refractivity contribution is 5.96. The van der Waals surface area contributed by atoms with Crippen LogP contribution in [0.15, 0.2) is 243 Å². The summed E-state index contributed by atoms with van der Waals surface area (Å²) in [6.07, 6.45) is 0. The Morgan fingerprint density at radius 3 is 1.22 bits per heavy atom. The number of nitrogens with zero attached hydrogens (tertiary/aromatic N) is 12. The van der Waals surface area contributed by atoms with Crippen molar-refractivity contribution in [3.05, 3.63) is 333 Å². The monoisotopic (exact) mass is 1460 g/mol. The van der Waals surface area contributed by atoms with E-state index in [1.807, 2.05) is 309 Å². The third-order valence-electron chi connectivity index (χ3n) is 19.8. The van der Waals surface area contributed by atoms with E-state index in [-0.39, 0.29) is 47.3 Å². The Labute approximate surface area is 637 Å². The molecule has 20 nitrogen and oxygen atoms in total. The van der Waals surface area contributed by atoms with E-state index < -0.39 is 0 Å². The number of hydrogen-bond donors (Lipinski definition) is 0. The Morgan fingerprint density at radius 1 is 0.376 bits per heavy atom. The molecule has 3 unspecified atom stereocenters. The average molecular weight is 1460 g/mol. The van der Waals surface area contributed by atoms with Crippen LogP contribution in [0.1, 0.15) is 156 Å². The van der Waals surface area contributed by atoms with Gasteiger partial charge in [-0.15, -0.1) is 0 Å². The SMILES string of the molecule is Cc1ccc(C(=O)N2CCn3nc(COc4ccccc4)cc3C2C)cc1.Cc1ccc(C(=O)N2Cc3cc(COc4ccccc4)nn3C(C)(C)C2)cc1.Cc1ccc(C(=O)N2Cc3cc(COc4ccccc4)nn3C(C)C2)cc1.Cc1ccc(C(=O)N2Cc3cc(COc4ccccc4)nn3CC2C)cc1. The minimum absolute atomic E-state index is 0.0227. The van der Waals surface area contributed by atoms with Gasteiger partial charge in [-0.3, -0.25) is 37.9 Å². The van der Waals surface area contributed by atoms with Gasteiger partial charge in [0.15, 0.2) is 0 Å². The largest absolute Gasteiger partial charge is 0.487 e. The Balaban J connectivity index is 0.000000128. The third-order valence-corrected chi connectivity index (χ3v) is 19.8. The van der Waals surface area contributed by atoms with Crippen molar-refractivity contribution >= 4 is 23.6 Å². The van der Waals surface area contributed by atoms with E-state index in [4.69, 9.17) is 24.0 Å². The molecule has 0 N–H and O–H groups in total. The van der Waals surface area contributed by atoms with Gasteiger partial charge in [0.2, 0.25) is 0 Å². The number of hydrogen-bond acceptors (Lipinski definition) is 12. The first-order valence-corrected chi connectivity index (χ1v) is 37.2. The second kappa shape index (κ2) is 34.1. The lowest BCUT2D eigenvalue weighted by molar-refractivity contribution is 0.0585. The average Bonchev–Trinajstić information content (AvgIpc) is 1.67. The van der Waals surface area contributed by atoms with E-state index in [1.54, 1.807) is 0 Å². The van der Waals surface area contributed by atoms with Crippen molar-refractivity contribution in [1.29, 1.82) is 0 Å². The lowest BCUT2D eigenvalue weighted by Crippen LogP contribution is -2.49. The maximum absolute atomic E-state index is 13.0. The van der Waals surface area contributed by atoms with Crippen molar-refractivity contribution in [1.82, 2.24) is 58.7 Å². The zero-order chi connectivity index (χ0) is 76.1. The molecular weight excluding hydrogens is 1370 g/mol. The van der Waals surface area contributed by atoms with E-state index in [1.165, 1.54) is 0 Å². The fraction of sp³-hybridized carbons (Fsp3) is 0.281. The van der Waals surface area contributed by atoms with Crippen LogP contribution < -0.4 is 18.9 Å². The van der Waals surface area contributed by atoms with Crippen molar-refractivity contribution in [3.63, 3.8) is 0 Å². The Hall–Kier alpha value is -12.3. The van der Waals surface area contributed by atoms with Crippen LogP contribution in [0, 0.1) is 27.7 Å². The van der Waals surface area contributed by atoms with E-state index in [0.29, 0.717) is 78.8 Å². The molecule has 0 aliphatic carbocycles. The van der Waals surface area contributed by atoms with E-state index in [2.05, 4.69) is 49.9 Å². The molecular formula is C89H94N12O8. The van der Waals surface area contributed by atoms with Crippen LogP contribution in [0.2, 0.25) is 0 Å². The predicted molar refractivity (Wildman–Crippen MR) is 419 cm³/mol. The first-order valence-electron chi connectivity index (χ1n) is 37.2. The summed E-state index contributed by atoms with van der Waals surface area (Å²) in [4.78, 5) is 59.3. The zero-order valence-electron chi connectivity index (χ0n) is 63.4. The van der Waals surface area contributed by atoms with Gasteiger partial charge in [0.1, 0.15) is 72.2 Å². The summed E-state index contributed by atoms with van der Waals surface area (Å²) < 4.78 is 31.3. The molecule has 0 radical (unpaired) electrons. The highest BCUT2D eigenvalue weighted by atomic mass is 16.5. The van der Waals surface area contributed by atoms with Gasteiger partial charge < -0.3 is 38.5 Å². The highest BCUT2D eigenvalue weighted by Crippen LogP contribution is 2.32. The molecule has 8 aromatic carbocycles. The molecule has 0 bridgehead atoms. The maximum atomic E-state index is 13.0. The summed E-state index contributed by atoms with van der Waals surface area (Å²) in [5.41, 5.74) is 14.9. The van der Waals surface area contributed by atoms with Crippen LogP contribution in [0.4, 0.5) is 0 Å². The fourth-order valence-electron chi connectivity index (χ4n) is 13.9. The molecule has 0 saturated heterocycles. The van der Waals surface area contributed by atoms with E-state index in [0.717, 1.165) is 113 Å². The van der Waals surface area contributed by atoms with Gasteiger partial charge in [-0.25, -0.2) is 0 Å². The summed E-state index contributed by atoms with van der Waals surface area (Å²) in [5.74, 6) is 3.56. The minimum Gasteiger partial charge on any atom is -0.487 e. The standard InChI is InChI=1S/C23H25N3O2.3C22H23N3O2/c1-17-9-11-18(12-10-17)22(27)25-14-20-13-19(24-26(20)23(2,3)16-25)15-28-21-7-5-4-6-8-21;1-16-8-10-18(11-9-16)22(26)24-14-20-12-19(23-25(20)13-17(24)2)15-27-21-6-4-3-5-7-21;1-16-8-10-18(11-9-16)22(26)24-13-17(2)25-20(14-24)12-19(23-25)15-27-21-6-4-3-5-7-21;1-16-8-10-18(11-9-16)22(26)24-12-13-25-21(17(24)2)14-19(23-25)15-27-20-6-4-3-5-7-20/h4-13H,14-16H2,1-3H3;2*3-12,17H,13-15H2,1-2H3;3-11,14,17H,12-13,15H2,1-2H3. The zero-order valence-corrected chi connectivity index (χ0v) is 63.4. The number of rotatable bonds is 16. The summed E-state index contributed by atoms with van der Waals surface area (Å²) in [6.45, 7) is 25.2. The topological polar surface area (TPSA) is 189 Å². The normalized spacial score (nSPS) is 15.8. The number of para-hydroxylation sites is 4. The smallest absolute Gasteiger partial charge is 0.254 e. The van der Waals surface area contributed by atoms with Gasteiger partial charge in [-0.2, -0.15) is 20.4 Å². The van der Waals surface area contributed by atoms with Crippen molar-refractivity contribution in [2.45, 2.75) is 145 Å². The molecule has 4 aromatic heterocycles. The van der Waals surface area contributed by atoms with Crippen molar-refractivity contribution in [2.24, 2.45) is 0 Å². The van der Waals surface area contributed by atoms with Crippen LogP contribution in [0.25, 0.3) is 0 Å². The molecule has 3 atom stereocenters. The molecule has 558 valence electrons. The molecule has 16 rings (SSSR count). The van der Waals surface area contributed by atoms with Gasteiger partial charge in [0.25, 0.3) is 23.6 Å². The number of carbonyl (C=O) groups is 4. The Kier molecular flexibility index (Phi) is 23.4. The lowest BCUT2D eigenvalue weighted by Gasteiger charge is -2.39. The van der Waals surface area contributed by atoms with Gasteiger partial charge in [-0.05, 0) is 184 Å². The summed E-state index contributed by atoms with van der Waals surface area (Å²) in [7, 11) is 0. The summed E-state index contributed by atoms with van der Waals surface area (Å²) >= 11 is 0.